The number of hydrogen-bond donors (Lipinski definition) is 3. The minimum Gasteiger partial charge on any atom is -0.507 e. The molecule has 0 aliphatic carbocycles. The molecule has 3 aromatic carbocycles. The quantitative estimate of drug-likeness (QED) is 0.347. The Morgan fingerprint density at radius 3 is 2.47 bits per heavy atom. The van der Waals surface area contributed by atoms with E-state index in [1.165, 1.54) is 0 Å². The van der Waals surface area contributed by atoms with Crippen molar-refractivity contribution >= 4 is 34.4 Å². The van der Waals surface area contributed by atoms with Crippen LogP contribution >= 0.6 is 11.6 Å². The molecule has 4 aromatic rings. The van der Waals surface area contributed by atoms with E-state index in [4.69, 9.17) is 16.7 Å². The smallest absolute Gasteiger partial charge is 0.307 e. The normalized spacial score (nSPS) is 11.1. The largest absolute Gasteiger partial charge is 0.507 e. The number of halogens is 1. The molecule has 162 valence electrons. The van der Waals surface area contributed by atoms with Crippen molar-refractivity contribution in [1.29, 1.82) is 0 Å². The highest BCUT2D eigenvalue weighted by Crippen LogP contribution is 2.44. The summed E-state index contributed by atoms with van der Waals surface area (Å²) >= 11 is 6.42. The van der Waals surface area contributed by atoms with Crippen molar-refractivity contribution < 1.29 is 15.0 Å². The van der Waals surface area contributed by atoms with E-state index in [2.05, 4.69) is 15.3 Å². The highest BCUT2D eigenvalue weighted by Gasteiger charge is 2.19. The molecule has 0 unspecified atom stereocenters. The van der Waals surface area contributed by atoms with Crippen LogP contribution in [0.4, 0.5) is 5.95 Å². The zero-order chi connectivity index (χ0) is 22.8. The van der Waals surface area contributed by atoms with Gasteiger partial charge in [0.05, 0.1) is 17.5 Å². The van der Waals surface area contributed by atoms with Gasteiger partial charge in [0.25, 0.3) is 0 Å². The molecule has 6 nitrogen and oxygen atoms in total. The third-order valence-electron chi connectivity index (χ3n) is 5.03. The number of benzene rings is 3. The molecule has 0 fully saturated rings. The van der Waals surface area contributed by atoms with E-state index in [0.717, 1.165) is 5.39 Å². The first kappa shape index (κ1) is 21.6. The summed E-state index contributed by atoms with van der Waals surface area (Å²) in [6.07, 6.45) is 1.65. The number of aliphatic carboxylic acids is 1. The van der Waals surface area contributed by atoms with Crippen molar-refractivity contribution in [1.82, 2.24) is 9.97 Å². The van der Waals surface area contributed by atoms with E-state index in [1.54, 1.807) is 36.5 Å². The third kappa shape index (κ3) is 4.36. The Labute approximate surface area is 190 Å². The Balaban J connectivity index is 1.97. The van der Waals surface area contributed by atoms with Gasteiger partial charge in [0.1, 0.15) is 5.75 Å². The lowest BCUT2D eigenvalue weighted by Crippen LogP contribution is -2.12. The molecule has 0 bridgehead atoms. The van der Waals surface area contributed by atoms with Crippen molar-refractivity contribution in [2.45, 2.75) is 26.3 Å². The first-order valence-corrected chi connectivity index (χ1v) is 10.6. The Morgan fingerprint density at radius 2 is 1.81 bits per heavy atom. The van der Waals surface area contributed by atoms with Crippen LogP contribution in [0.3, 0.4) is 0 Å². The zero-order valence-electron chi connectivity index (χ0n) is 17.6. The number of rotatable bonds is 6. The van der Waals surface area contributed by atoms with Crippen LogP contribution in [0.1, 0.15) is 19.4 Å². The maximum absolute atomic E-state index is 11.4. The Kier molecular flexibility index (Phi) is 5.97. The van der Waals surface area contributed by atoms with Crippen molar-refractivity contribution in [3.8, 4) is 28.0 Å². The molecule has 0 aliphatic heterocycles. The van der Waals surface area contributed by atoms with E-state index >= 15 is 0 Å². The van der Waals surface area contributed by atoms with Gasteiger partial charge in [-0.2, -0.15) is 0 Å². The summed E-state index contributed by atoms with van der Waals surface area (Å²) in [7, 11) is 0. The molecule has 3 N–H and O–H groups in total. The second kappa shape index (κ2) is 8.85. The number of aromatic nitrogens is 2. The lowest BCUT2D eigenvalue weighted by molar-refractivity contribution is -0.136. The first-order valence-electron chi connectivity index (χ1n) is 10.2. The molecular weight excluding hydrogens is 426 g/mol. The van der Waals surface area contributed by atoms with Gasteiger partial charge in [-0.05, 0) is 37.1 Å². The van der Waals surface area contributed by atoms with E-state index in [1.807, 2.05) is 38.1 Å². The van der Waals surface area contributed by atoms with E-state index in [-0.39, 0.29) is 18.2 Å². The van der Waals surface area contributed by atoms with Gasteiger partial charge >= 0.3 is 5.97 Å². The van der Waals surface area contributed by atoms with Gasteiger partial charge in [-0.1, -0.05) is 54.1 Å². The molecule has 4 rings (SSSR count). The first-order chi connectivity index (χ1) is 15.3. The highest BCUT2D eigenvalue weighted by molar-refractivity contribution is 6.33. The molecule has 0 amide bonds. The Hall–Kier alpha value is -3.64. The van der Waals surface area contributed by atoms with Gasteiger partial charge < -0.3 is 15.5 Å². The fourth-order valence-corrected chi connectivity index (χ4v) is 3.86. The Bertz CT molecular complexity index is 1300. The van der Waals surface area contributed by atoms with Crippen LogP contribution in [0.5, 0.6) is 5.75 Å². The molecule has 0 aliphatic rings. The van der Waals surface area contributed by atoms with E-state index in [0.29, 0.717) is 44.3 Å². The monoisotopic (exact) mass is 447 g/mol. The predicted molar refractivity (Wildman–Crippen MR) is 127 cm³/mol. The van der Waals surface area contributed by atoms with Gasteiger partial charge in [0.15, 0.2) is 0 Å². The van der Waals surface area contributed by atoms with E-state index < -0.39 is 5.97 Å². The number of aromatic hydroxyl groups is 1. The predicted octanol–water partition coefficient (Wildman–Crippen LogP) is 5.77. The summed E-state index contributed by atoms with van der Waals surface area (Å²) in [6, 6.07) is 16.3. The number of carboxylic acids is 1. The lowest BCUT2D eigenvalue weighted by atomic mass is 9.93. The second-order valence-corrected chi connectivity index (χ2v) is 8.23. The van der Waals surface area contributed by atoms with Crippen molar-refractivity contribution in [3.05, 3.63) is 71.4 Å². The van der Waals surface area contributed by atoms with Crippen LogP contribution in [-0.2, 0) is 11.2 Å². The van der Waals surface area contributed by atoms with Crippen LogP contribution in [0.15, 0.2) is 60.8 Å². The summed E-state index contributed by atoms with van der Waals surface area (Å²) in [6.45, 7) is 3.99. The highest BCUT2D eigenvalue weighted by atomic mass is 35.5. The summed E-state index contributed by atoms with van der Waals surface area (Å²) in [5.74, 6) is -0.393. The summed E-state index contributed by atoms with van der Waals surface area (Å²) in [4.78, 5) is 20.1. The van der Waals surface area contributed by atoms with Gasteiger partial charge in [0.2, 0.25) is 5.95 Å². The van der Waals surface area contributed by atoms with Gasteiger partial charge in [-0.3, -0.25) is 4.79 Å². The molecule has 1 aromatic heterocycles. The molecular formula is C25H22ClN3O3. The maximum atomic E-state index is 11.4. The van der Waals surface area contributed by atoms with Crippen LogP contribution in [-0.4, -0.2) is 32.2 Å². The molecule has 0 radical (unpaired) electrons. The van der Waals surface area contributed by atoms with Crippen molar-refractivity contribution in [3.63, 3.8) is 0 Å². The van der Waals surface area contributed by atoms with Crippen LogP contribution < -0.4 is 5.32 Å². The second-order valence-electron chi connectivity index (χ2n) is 7.83. The lowest BCUT2D eigenvalue weighted by Gasteiger charge is -2.16. The number of phenolic OH excluding ortho intramolecular Hbond substituents is 1. The number of carbonyl (C=O) groups is 1. The zero-order valence-corrected chi connectivity index (χ0v) is 18.4. The molecule has 7 heteroatoms. The maximum Gasteiger partial charge on any atom is 0.307 e. The SMILES string of the molecule is CC(C)Nc1ncc2cc(-c3ccccc3Cl)c(O)c(-c3ccc(CC(=O)O)cc3)c2n1. The number of carboxylic acid groups (broad SMARTS) is 1. The van der Waals surface area contributed by atoms with Crippen molar-refractivity contribution in [2.24, 2.45) is 0 Å². The fourth-order valence-electron chi connectivity index (χ4n) is 3.62. The number of phenols is 1. The minimum absolute atomic E-state index is 0.0470. The summed E-state index contributed by atoms with van der Waals surface area (Å²) < 4.78 is 0. The fraction of sp³-hybridized carbons (Fsp3) is 0.160. The minimum atomic E-state index is -0.899. The van der Waals surface area contributed by atoms with Crippen LogP contribution in [0.25, 0.3) is 33.2 Å². The summed E-state index contributed by atoms with van der Waals surface area (Å²) in [5.41, 5.74) is 3.77. The van der Waals surface area contributed by atoms with Gasteiger partial charge in [-0.15, -0.1) is 0 Å². The molecule has 0 spiro atoms. The topological polar surface area (TPSA) is 95.3 Å². The number of nitrogens with zero attached hydrogens (tertiary/aromatic N) is 2. The average Bonchev–Trinajstić information content (AvgIpc) is 2.74. The standard InChI is InChI=1S/C25H22ClN3O3/c1-14(2)28-25-27-13-17-12-19(18-5-3-4-6-20(18)26)24(32)22(23(17)29-25)16-9-7-15(8-10-16)11-21(30)31/h3-10,12-14,32H,11H2,1-2H3,(H,30,31)(H,27,28,29). The molecule has 0 atom stereocenters. The van der Waals surface area contributed by atoms with Crippen molar-refractivity contribution in [2.75, 3.05) is 5.32 Å². The number of anilines is 1. The molecule has 1 heterocycles. The summed E-state index contributed by atoms with van der Waals surface area (Å²) in [5, 5.41) is 24.9. The van der Waals surface area contributed by atoms with Gasteiger partial charge in [0, 0.05) is 33.8 Å². The number of hydrogen-bond acceptors (Lipinski definition) is 5. The number of fused-ring (bicyclic) bond motifs is 1. The third-order valence-corrected chi connectivity index (χ3v) is 5.35. The number of nitrogens with one attached hydrogen (secondary N) is 1. The van der Waals surface area contributed by atoms with Crippen LogP contribution in [0.2, 0.25) is 5.02 Å². The Morgan fingerprint density at radius 1 is 1.09 bits per heavy atom. The van der Waals surface area contributed by atoms with Crippen LogP contribution in [0, 0.1) is 0 Å². The molecule has 0 saturated carbocycles. The molecule has 32 heavy (non-hydrogen) atoms. The average molecular weight is 448 g/mol. The van der Waals surface area contributed by atoms with Gasteiger partial charge in [-0.25, -0.2) is 9.97 Å². The molecule has 0 saturated heterocycles. The van der Waals surface area contributed by atoms with E-state index in [9.17, 15) is 9.90 Å².